The van der Waals surface area contributed by atoms with Crippen molar-refractivity contribution in [2.24, 2.45) is 18.7 Å². The average molecular weight is 498 g/mol. The zero-order chi connectivity index (χ0) is 26.3. The molecule has 192 valence electrons. The number of nitrogens with two attached hydrogens (primary N) is 1. The highest BCUT2D eigenvalue weighted by atomic mass is 16.1. The number of anilines is 1. The molecule has 1 aliphatic heterocycles. The van der Waals surface area contributed by atoms with Gasteiger partial charge in [-0.2, -0.15) is 5.10 Å². The number of primary amides is 1. The second kappa shape index (κ2) is 9.54. The van der Waals surface area contributed by atoms with Crippen molar-refractivity contribution in [1.29, 1.82) is 0 Å². The van der Waals surface area contributed by atoms with Crippen LogP contribution < -0.4 is 10.6 Å². The van der Waals surface area contributed by atoms with Crippen molar-refractivity contribution in [3.8, 4) is 11.3 Å². The Labute approximate surface area is 217 Å². The van der Waals surface area contributed by atoms with Crippen LogP contribution in [0.25, 0.3) is 22.2 Å². The third-order valence-corrected chi connectivity index (χ3v) is 7.46. The molecule has 0 saturated carbocycles. The highest BCUT2D eigenvalue weighted by Gasteiger charge is 2.26. The second-order valence-corrected chi connectivity index (χ2v) is 11.3. The Bertz CT molecular complexity index is 1460. The number of Topliss-reactive ketones (excluding diaryl/α,β-unsaturated/α-hetero) is 1. The van der Waals surface area contributed by atoms with Gasteiger partial charge in [0.05, 0.1) is 17.3 Å². The predicted molar refractivity (Wildman–Crippen MR) is 148 cm³/mol. The van der Waals surface area contributed by atoms with E-state index in [2.05, 4.69) is 54.0 Å². The number of rotatable bonds is 6. The highest BCUT2D eigenvalue weighted by Crippen LogP contribution is 2.36. The summed E-state index contributed by atoms with van der Waals surface area (Å²) in [6.45, 7) is 8.24. The molecule has 1 amide bonds. The lowest BCUT2D eigenvalue weighted by molar-refractivity contribution is 0.0955. The largest absolute Gasteiger partial charge is 0.371 e. The number of aromatic amines is 1. The van der Waals surface area contributed by atoms with E-state index < -0.39 is 5.91 Å². The number of amides is 1. The normalized spacial score (nSPS) is 16.3. The zero-order valence-corrected chi connectivity index (χ0v) is 22.0. The summed E-state index contributed by atoms with van der Waals surface area (Å²) in [6.07, 6.45) is 6.30. The highest BCUT2D eigenvalue weighted by molar-refractivity contribution is 6.10. The third kappa shape index (κ3) is 5.03. The number of nitrogens with one attached hydrogen (secondary N) is 1. The van der Waals surface area contributed by atoms with E-state index in [9.17, 15) is 9.59 Å². The lowest BCUT2D eigenvalue weighted by Gasteiger charge is -2.35. The molecule has 7 heteroatoms. The molecule has 37 heavy (non-hydrogen) atoms. The fourth-order valence-corrected chi connectivity index (χ4v) is 5.39. The number of benzene rings is 2. The Morgan fingerprint density at radius 1 is 1.14 bits per heavy atom. The van der Waals surface area contributed by atoms with Crippen LogP contribution in [0.4, 0.5) is 5.69 Å². The van der Waals surface area contributed by atoms with Crippen LogP contribution in [0.15, 0.2) is 54.9 Å². The van der Waals surface area contributed by atoms with Crippen LogP contribution in [0.3, 0.4) is 0 Å². The Morgan fingerprint density at radius 3 is 2.54 bits per heavy atom. The first-order valence-electron chi connectivity index (χ1n) is 12.9. The number of carbonyl (C=O) groups excluding carboxylic acids is 2. The Morgan fingerprint density at radius 2 is 1.89 bits per heavy atom. The number of aryl methyl sites for hydroxylation is 1. The maximum absolute atomic E-state index is 13.1. The number of H-pyrrole nitrogens is 1. The number of aromatic nitrogens is 3. The van der Waals surface area contributed by atoms with E-state index in [1.807, 2.05) is 31.4 Å². The summed E-state index contributed by atoms with van der Waals surface area (Å²) >= 11 is 0. The molecule has 0 aliphatic carbocycles. The smallest absolute Gasteiger partial charge is 0.250 e. The summed E-state index contributed by atoms with van der Waals surface area (Å²) in [5.74, 6) is 0.00363. The van der Waals surface area contributed by atoms with Gasteiger partial charge < -0.3 is 15.6 Å². The van der Waals surface area contributed by atoms with E-state index in [0.717, 1.165) is 59.3 Å². The third-order valence-electron chi connectivity index (χ3n) is 7.46. The van der Waals surface area contributed by atoms with E-state index in [0.29, 0.717) is 12.0 Å². The Balaban J connectivity index is 1.39. The van der Waals surface area contributed by atoms with Crippen LogP contribution in [0, 0.1) is 5.92 Å². The molecule has 0 spiro atoms. The van der Waals surface area contributed by atoms with Crippen LogP contribution in [0.5, 0.6) is 0 Å². The zero-order valence-electron chi connectivity index (χ0n) is 22.0. The molecule has 2 aromatic heterocycles. The van der Waals surface area contributed by atoms with Gasteiger partial charge in [-0.05, 0) is 47.9 Å². The first-order chi connectivity index (χ1) is 17.6. The molecule has 0 radical (unpaired) electrons. The van der Waals surface area contributed by atoms with Crippen LogP contribution in [-0.4, -0.2) is 39.5 Å². The second-order valence-electron chi connectivity index (χ2n) is 11.3. The van der Waals surface area contributed by atoms with Gasteiger partial charge in [-0.3, -0.25) is 14.3 Å². The van der Waals surface area contributed by atoms with Crippen LogP contribution in [0.2, 0.25) is 0 Å². The first-order valence-corrected chi connectivity index (χ1v) is 12.9. The standard InChI is InChI=1S/C30H35N5O2/c1-30(2,3)22-9-7-20(8-10-22)27(36)14-19-6-5-13-35(17-19)26-12-11-23(29(31)37)28-24(26)15-25(33-28)21-16-32-34(4)18-21/h7-12,15-16,18-19,33H,5-6,13-14,17H2,1-4H3,(H2,31,37)/t19-/m0/s1. The van der Waals surface area contributed by atoms with E-state index >= 15 is 0 Å². The van der Waals surface area contributed by atoms with Crippen molar-refractivity contribution in [2.75, 3.05) is 18.0 Å². The molecule has 1 atom stereocenters. The summed E-state index contributed by atoms with van der Waals surface area (Å²) in [5, 5.41) is 5.23. The number of carbonyl (C=O) groups is 2. The van der Waals surface area contributed by atoms with E-state index in [4.69, 9.17) is 5.73 Å². The van der Waals surface area contributed by atoms with Gasteiger partial charge in [0.25, 0.3) is 5.91 Å². The van der Waals surface area contributed by atoms with Crippen molar-refractivity contribution in [3.05, 3.63) is 71.5 Å². The number of hydrogen-bond acceptors (Lipinski definition) is 4. The van der Waals surface area contributed by atoms with Gasteiger partial charge in [0.1, 0.15) is 0 Å². The number of nitrogens with zero attached hydrogens (tertiary/aromatic N) is 3. The molecular formula is C30H35N5O2. The summed E-state index contributed by atoms with van der Waals surface area (Å²) in [6, 6.07) is 13.9. The number of hydrogen-bond donors (Lipinski definition) is 2. The minimum Gasteiger partial charge on any atom is -0.371 e. The van der Waals surface area contributed by atoms with Crippen molar-refractivity contribution in [3.63, 3.8) is 0 Å². The molecule has 0 bridgehead atoms. The Kier molecular flexibility index (Phi) is 6.40. The monoisotopic (exact) mass is 497 g/mol. The van der Waals surface area contributed by atoms with Crippen molar-refractivity contribution in [2.45, 2.75) is 45.4 Å². The fourth-order valence-electron chi connectivity index (χ4n) is 5.39. The molecule has 3 heterocycles. The topological polar surface area (TPSA) is 97.0 Å². The summed E-state index contributed by atoms with van der Waals surface area (Å²) in [7, 11) is 1.88. The van der Waals surface area contributed by atoms with Crippen LogP contribution in [0.1, 0.15) is 66.3 Å². The molecule has 5 rings (SSSR count). The van der Waals surface area contributed by atoms with Gasteiger partial charge in [-0.1, -0.05) is 45.0 Å². The summed E-state index contributed by atoms with van der Waals surface area (Å²) in [4.78, 5) is 31.0. The molecule has 7 nitrogen and oxygen atoms in total. The first kappa shape index (κ1) is 24.8. The van der Waals surface area contributed by atoms with E-state index in [1.165, 1.54) is 5.56 Å². The average Bonchev–Trinajstić information content (AvgIpc) is 3.49. The molecule has 1 fully saturated rings. The maximum Gasteiger partial charge on any atom is 0.250 e. The van der Waals surface area contributed by atoms with Gasteiger partial charge >= 0.3 is 0 Å². The van der Waals surface area contributed by atoms with Crippen molar-refractivity contribution < 1.29 is 9.59 Å². The molecule has 0 unspecified atom stereocenters. The maximum atomic E-state index is 13.1. The van der Waals surface area contributed by atoms with Crippen LogP contribution in [-0.2, 0) is 12.5 Å². The van der Waals surface area contributed by atoms with Gasteiger partial charge in [0.15, 0.2) is 5.78 Å². The number of fused-ring (bicyclic) bond motifs is 1. The fraction of sp³-hybridized carbons (Fsp3) is 0.367. The van der Waals surface area contributed by atoms with Crippen molar-refractivity contribution in [1.82, 2.24) is 14.8 Å². The molecule has 2 aromatic carbocycles. The molecular weight excluding hydrogens is 462 g/mol. The van der Waals surface area contributed by atoms with E-state index in [-0.39, 0.29) is 17.1 Å². The predicted octanol–water partition coefficient (Wildman–Crippen LogP) is 5.45. The molecule has 1 saturated heterocycles. The van der Waals surface area contributed by atoms with Gasteiger partial charge in [0, 0.05) is 60.6 Å². The number of piperidine rings is 1. The summed E-state index contributed by atoms with van der Waals surface area (Å²) < 4.78 is 1.75. The minimum absolute atomic E-state index is 0.0654. The Hall–Kier alpha value is -3.87. The van der Waals surface area contributed by atoms with Crippen LogP contribution >= 0.6 is 0 Å². The molecule has 1 aliphatic rings. The quantitative estimate of drug-likeness (QED) is 0.346. The lowest BCUT2D eigenvalue weighted by Crippen LogP contribution is -2.36. The van der Waals surface area contributed by atoms with E-state index in [1.54, 1.807) is 16.9 Å². The minimum atomic E-state index is -0.462. The molecule has 3 N–H and O–H groups in total. The SMILES string of the molecule is Cn1cc(-c2cc3c(N4CCC[C@@H](CC(=O)c5ccc(C(C)(C)C)cc5)C4)ccc(C(N)=O)c3[nH]2)cn1. The van der Waals surface area contributed by atoms with Crippen molar-refractivity contribution >= 4 is 28.3 Å². The van der Waals surface area contributed by atoms with Gasteiger partial charge in [-0.15, -0.1) is 0 Å². The lowest BCUT2D eigenvalue weighted by atomic mass is 9.85. The summed E-state index contributed by atoms with van der Waals surface area (Å²) in [5.41, 5.74) is 11.9. The van der Waals surface area contributed by atoms with Gasteiger partial charge in [-0.25, -0.2) is 0 Å². The number of ketones is 1. The molecule has 4 aromatic rings. The van der Waals surface area contributed by atoms with Gasteiger partial charge in [0.2, 0.25) is 0 Å².